The molecule has 0 radical (unpaired) electrons. The molecular formula is C13H21NO2S. The first-order valence-corrected chi connectivity index (χ1v) is 7.23. The minimum absolute atomic E-state index is 0.191. The zero-order valence-corrected chi connectivity index (χ0v) is 11.3. The lowest BCUT2D eigenvalue weighted by atomic mass is 10.2. The molecule has 96 valence electrons. The largest absolute Gasteiger partial charge is 0.504 e. The van der Waals surface area contributed by atoms with Crippen LogP contribution >= 0.6 is 11.8 Å². The molecule has 0 heterocycles. The fourth-order valence-electron chi connectivity index (χ4n) is 1.56. The van der Waals surface area contributed by atoms with E-state index in [0.717, 1.165) is 18.7 Å². The number of benzene rings is 1. The summed E-state index contributed by atoms with van der Waals surface area (Å²) in [6.07, 6.45) is 4.60. The smallest absolute Gasteiger partial charge is 0.160 e. The molecule has 0 unspecified atom stereocenters. The standard InChI is InChI=1S/C13H21NO2S/c1-16-13-9-11(5-6-12(13)15)10-14-7-3-4-8-17-2/h5-6,9,14-15H,3-4,7-8,10H2,1-2H3. The van der Waals surface area contributed by atoms with Gasteiger partial charge in [-0.2, -0.15) is 11.8 Å². The summed E-state index contributed by atoms with van der Waals surface area (Å²) >= 11 is 1.89. The number of thioether (sulfide) groups is 1. The lowest BCUT2D eigenvalue weighted by molar-refractivity contribution is 0.373. The summed E-state index contributed by atoms with van der Waals surface area (Å²) in [7, 11) is 1.56. The van der Waals surface area contributed by atoms with E-state index < -0.39 is 0 Å². The van der Waals surface area contributed by atoms with Crippen LogP contribution in [0.5, 0.6) is 11.5 Å². The van der Waals surface area contributed by atoms with Crippen LogP contribution in [-0.4, -0.2) is 30.8 Å². The Labute approximate surface area is 108 Å². The summed E-state index contributed by atoms with van der Waals surface area (Å²) in [6, 6.07) is 5.44. The molecule has 0 fully saturated rings. The molecule has 0 amide bonds. The van der Waals surface area contributed by atoms with Crippen molar-refractivity contribution in [2.24, 2.45) is 0 Å². The molecule has 0 bridgehead atoms. The molecule has 3 nitrogen and oxygen atoms in total. The van der Waals surface area contributed by atoms with Crippen molar-refractivity contribution < 1.29 is 9.84 Å². The fourth-order valence-corrected chi connectivity index (χ4v) is 2.05. The van der Waals surface area contributed by atoms with Crippen LogP contribution in [0.1, 0.15) is 18.4 Å². The monoisotopic (exact) mass is 255 g/mol. The van der Waals surface area contributed by atoms with Crippen molar-refractivity contribution in [1.29, 1.82) is 0 Å². The van der Waals surface area contributed by atoms with E-state index in [0.29, 0.717) is 5.75 Å². The average molecular weight is 255 g/mol. The minimum Gasteiger partial charge on any atom is -0.504 e. The SMILES string of the molecule is COc1cc(CNCCCCSC)ccc1O. The summed E-state index contributed by atoms with van der Waals surface area (Å²) in [4.78, 5) is 0. The zero-order chi connectivity index (χ0) is 12.5. The van der Waals surface area contributed by atoms with Gasteiger partial charge in [-0.1, -0.05) is 6.07 Å². The van der Waals surface area contributed by atoms with Gasteiger partial charge >= 0.3 is 0 Å². The van der Waals surface area contributed by atoms with Crippen LogP contribution in [-0.2, 0) is 6.54 Å². The van der Waals surface area contributed by atoms with Gasteiger partial charge in [0.05, 0.1) is 7.11 Å². The van der Waals surface area contributed by atoms with Crippen LogP contribution in [0.15, 0.2) is 18.2 Å². The van der Waals surface area contributed by atoms with Crippen LogP contribution in [0.3, 0.4) is 0 Å². The van der Waals surface area contributed by atoms with Crippen LogP contribution in [0.4, 0.5) is 0 Å². The van der Waals surface area contributed by atoms with Gasteiger partial charge in [0.15, 0.2) is 11.5 Å². The maximum Gasteiger partial charge on any atom is 0.160 e. The second-order valence-electron chi connectivity index (χ2n) is 3.88. The fraction of sp³-hybridized carbons (Fsp3) is 0.538. The molecule has 2 N–H and O–H groups in total. The lowest BCUT2D eigenvalue weighted by Crippen LogP contribution is -2.14. The Morgan fingerprint density at radius 2 is 2.18 bits per heavy atom. The second kappa shape index (κ2) is 8.25. The molecular weight excluding hydrogens is 234 g/mol. The first kappa shape index (κ1) is 14.2. The van der Waals surface area contributed by atoms with E-state index in [1.165, 1.54) is 18.6 Å². The van der Waals surface area contributed by atoms with Gasteiger partial charge in [-0.25, -0.2) is 0 Å². The first-order valence-electron chi connectivity index (χ1n) is 5.83. The number of aromatic hydroxyl groups is 1. The van der Waals surface area contributed by atoms with E-state index in [1.807, 2.05) is 23.9 Å². The molecule has 1 rings (SSSR count). The minimum atomic E-state index is 0.191. The Hall–Kier alpha value is -0.870. The van der Waals surface area contributed by atoms with Crippen molar-refractivity contribution >= 4 is 11.8 Å². The lowest BCUT2D eigenvalue weighted by Gasteiger charge is -2.08. The van der Waals surface area contributed by atoms with Crippen LogP contribution in [0.2, 0.25) is 0 Å². The van der Waals surface area contributed by atoms with Crippen molar-refractivity contribution in [2.75, 3.05) is 25.7 Å². The summed E-state index contributed by atoms with van der Waals surface area (Å²) in [5, 5.41) is 12.8. The molecule has 1 aromatic carbocycles. The van der Waals surface area contributed by atoms with E-state index in [1.54, 1.807) is 13.2 Å². The summed E-state index contributed by atoms with van der Waals surface area (Å²) in [5.41, 5.74) is 1.13. The number of rotatable bonds is 8. The van der Waals surface area contributed by atoms with Crippen molar-refractivity contribution in [3.63, 3.8) is 0 Å². The Morgan fingerprint density at radius 3 is 2.88 bits per heavy atom. The summed E-state index contributed by atoms with van der Waals surface area (Å²) < 4.78 is 5.06. The molecule has 0 aliphatic rings. The highest BCUT2D eigenvalue weighted by atomic mass is 32.2. The maximum absolute atomic E-state index is 9.46. The second-order valence-corrected chi connectivity index (χ2v) is 4.87. The Morgan fingerprint density at radius 1 is 1.35 bits per heavy atom. The Kier molecular flexibility index (Phi) is 6.89. The normalized spacial score (nSPS) is 10.5. The number of phenolic OH excluding ortho intramolecular Hbond substituents is 1. The number of methoxy groups -OCH3 is 1. The predicted octanol–water partition coefficient (Wildman–Crippen LogP) is 2.63. The molecule has 0 saturated carbocycles. The van der Waals surface area contributed by atoms with Crippen molar-refractivity contribution in [3.05, 3.63) is 23.8 Å². The van der Waals surface area contributed by atoms with Gasteiger partial charge < -0.3 is 15.2 Å². The van der Waals surface area contributed by atoms with E-state index in [2.05, 4.69) is 11.6 Å². The van der Waals surface area contributed by atoms with E-state index in [-0.39, 0.29) is 5.75 Å². The topological polar surface area (TPSA) is 41.5 Å². The number of hydrogen-bond donors (Lipinski definition) is 2. The number of ether oxygens (including phenoxy) is 1. The summed E-state index contributed by atoms with van der Waals surface area (Å²) in [6.45, 7) is 1.85. The molecule has 1 aromatic rings. The molecule has 0 aromatic heterocycles. The number of nitrogens with one attached hydrogen (secondary N) is 1. The van der Waals surface area contributed by atoms with Gasteiger partial charge in [-0.3, -0.25) is 0 Å². The van der Waals surface area contributed by atoms with Gasteiger partial charge in [0.1, 0.15) is 0 Å². The molecule has 17 heavy (non-hydrogen) atoms. The predicted molar refractivity (Wildman–Crippen MR) is 74.0 cm³/mol. The molecule has 0 atom stereocenters. The molecule has 0 aliphatic heterocycles. The van der Waals surface area contributed by atoms with Crippen LogP contribution in [0, 0.1) is 0 Å². The van der Waals surface area contributed by atoms with Crippen molar-refractivity contribution in [3.8, 4) is 11.5 Å². The molecule has 4 heteroatoms. The third kappa shape index (κ3) is 5.33. The van der Waals surface area contributed by atoms with E-state index >= 15 is 0 Å². The summed E-state index contributed by atoms with van der Waals surface area (Å²) in [5.74, 6) is 1.96. The van der Waals surface area contributed by atoms with Crippen molar-refractivity contribution in [1.82, 2.24) is 5.32 Å². The first-order chi connectivity index (χ1) is 8.27. The van der Waals surface area contributed by atoms with Crippen LogP contribution in [0.25, 0.3) is 0 Å². The highest BCUT2D eigenvalue weighted by molar-refractivity contribution is 7.98. The van der Waals surface area contributed by atoms with Gasteiger partial charge in [0.25, 0.3) is 0 Å². The number of hydrogen-bond acceptors (Lipinski definition) is 4. The van der Waals surface area contributed by atoms with Gasteiger partial charge in [0, 0.05) is 6.54 Å². The van der Waals surface area contributed by atoms with E-state index in [4.69, 9.17) is 4.74 Å². The Bertz CT molecular complexity index is 331. The zero-order valence-electron chi connectivity index (χ0n) is 10.5. The maximum atomic E-state index is 9.46. The van der Waals surface area contributed by atoms with Crippen LogP contribution < -0.4 is 10.1 Å². The third-order valence-electron chi connectivity index (χ3n) is 2.53. The molecule has 0 spiro atoms. The van der Waals surface area contributed by atoms with E-state index in [9.17, 15) is 5.11 Å². The third-order valence-corrected chi connectivity index (χ3v) is 3.22. The quantitative estimate of drug-likeness (QED) is 0.701. The highest BCUT2D eigenvalue weighted by Crippen LogP contribution is 2.26. The van der Waals surface area contributed by atoms with Gasteiger partial charge in [-0.15, -0.1) is 0 Å². The Balaban J connectivity index is 2.27. The van der Waals surface area contributed by atoms with Crippen molar-refractivity contribution in [2.45, 2.75) is 19.4 Å². The molecule has 0 saturated heterocycles. The average Bonchev–Trinajstić information content (AvgIpc) is 2.35. The van der Waals surface area contributed by atoms with Gasteiger partial charge in [0.2, 0.25) is 0 Å². The number of unbranched alkanes of at least 4 members (excludes halogenated alkanes) is 1. The van der Waals surface area contributed by atoms with Gasteiger partial charge in [-0.05, 0) is 49.1 Å². The highest BCUT2D eigenvalue weighted by Gasteiger charge is 2.01. The number of phenols is 1. The molecule has 0 aliphatic carbocycles.